The number of hydrogen-bond donors (Lipinski definition) is 0. The van der Waals surface area contributed by atoms with E-state index in [2.05, 4.69) is 35.7 Å². The molecule has 0 saturated heterocycles. The van der Waals surface area contributed by atoms with Crippen LogP contribution in [0.1, 0.15) is 57.7 Å². The molecule has 0 fully saturated rings. The van der Waals surface area contributed by atoms with E-state index in [1.807, 2.05) is 18.7 Å². The number of unbranched alkanes of at least 4 members (excludes halogenated alkanes) is 1. The molecular weight excluding hydrogens is 462 g/mol. The molecule has 2 aromatic carbocycles. The molecule has 1 unspecified atom stereocenters. The standard InChI is InChI=1S/C27H29N3O4S/c1-3-4-15-28(27(32)21-9-11-22(12-10-21)30(33)34)18-25(31)29-16-13-24-23(14-17-35-24)26(29)20-7-5-19(2)6-8-20/h5-12,14,17,26H,3-4,13,15-16,18H2,1-2H3. The monoisotopic (exact) mass is 491 g/mol. The van der Waals surface area contributed by atoms with Gasteiger partial charge in [0.25, 0.3) is 11.6 Å². The zero-order chi connectivity index (χ0) is 24.9. The van der Waals surface area contributed by atoms with Crippen LogP contribution in [0.2, 0.25) is 0 Å². The average molecular weight is 492 g/mol. The molecule has 1 aliphatic heterocycles. The van der Waals surface area contributed by atoms with Crippen molar-refractivity contribution >= 4 is 28.8 Å². The van der Waals surface area contributed by atoms with Crippen molar-refractivity contribution in [2.75, 3.05) is 19.6 Å². The molecule has 0 aliphatic carbocycles. The SMILES string of the molecule is CCCCN(CC(=O)N1CCc2sccc2C1c1ccc(C)cc1)C(=O)c1ccc([N+](=O)[O-])cc1. The minimum atomic E-state index is -0.493. The van der Waals surface area contributed by atoms with Gasteiger partial charge in [-0.15, -0.1) is 11.3 Å². The van der Waals surface area contributed by atoms with E-state index in [0.717, 1.165) is 36.0 Å². The molecule has 182 valence electrons. The summed E-state index contributed by atoms with van der Waals surface area (Å²) in [4.78, 5) is 42.2. The molecule has 7 nitrogen and oxygen atoms in total. The zero-order valence-corrected chi connectivity index (χ0v) is 20.8. The third kappa shape index (κ3) is 5.43. The van der Waals surface area contributed by atoms with E-state index in [4.69, 9.17) is 0 Å². The van der Waals surface area contributed by atoms with Gasteiger partial charge in [0.15, 0.2) is 0 Å². The number of thiophene rings is 1. The van der Waals surface area contributed by atoms with E-state index in [0.29, 0.717) is 18.7 Å². The van der Waals surface area contributed by atoms with Crippen LogP contribution in [-0.2, 0) is 11.2 Å². The van der Waals surface area contributed by atoms with Gasteiger partial charge >= 0.3 is 0 Å². The predicted octanol–water partition coefficient (Wildman–Crippen LogP) is 5.38. The highest BCUT2D eigenvalue weighted by molar-refractivity contribution is 7.10. The molecular formula is C27H29N3O4S. The van der Waals surface area contributed by atoms with Crippen molar-refractivity contribution in [3.8, 4) is 0 Å². The van der Waals surface area contributed by atoms with Gasteiger partial charge in [0, 0.05) is 35.7 Å². The first-order chi connectivity index (χ1) is 16.9. The second-order valence-electron chi connectivity index (χ2n) is 8.83. The summed E-state index contributed by atoms with van der Waals surface area (Å²) >= 11 is 1.72. The van der Waals surface area contributed by atoms with Crippen LogP contribution in [0.3, 0.4) is 0 Å². The van der Waals surface area contributed by atoms with Crippen LogP contribution in [0.5, 0.6) is 0 Å². The number of hydrogen-bond acceptors (Lipinski definition) is 5. The minimum absolute atomic E-state index is 0.0301. The lowest BCUT2D eigenvalue weighted by Gasteiger charge is -2.37. The molecule has 0 radical (unpaired) electrons. The Morgan fingerprint density at radius 3 is 2.49 bits per heavy atom. The van der Waals surface area contributed by atoms with Crippen molar-refractivity contribution in [2.24, 2.45) is 0 Å². The maximum atomic E-state index is 13.7. The fourth-order valence-electron chi connectivity index (χ4n) is 4.46. The number of fused-ring (bicyclic) bond motifs is 1. The molecule has 2 heterocycles. The third-order valence-electron chi connectivity index (χ3n) is 6.40. The topological polar surface area (TPSA) is 83.8 Å². The van der Waals surface area contributed by atoms with Crippen LogP contribution in [0.15, 0.2) is 60.0 Å². The van der Waals surface area contributed by atoms with Crippen molar-refractivity contribution in [1.29, 1.82) is 0 Å². The van der Waals surface area contributed by atoms with Crippen LogP contribution in [0, 0.1) is 17.0 Å². The first kappa shape index (κ1) is 24.6. The van der Waals surface area contributed by atoms with E-state index in [-0.39, 0.29) is 30.1 Å². The Kier molecular flexibility index (Phi) is 7.60. The Morgan fingerprint density at radius 1 is 1.11 bits per heavy atom. The van der Waals surface area contributed by atoms with Crippen molar-refractivity contribution < 1.29 is 14.5 Å². The fraction of sp³-hybridized carbons (Fsp3) is 0.333. The van der Waals surface area contributed by atoms with Crippen molar-refractivity contribution in [1.82, 2.24) is 9.80 Å². The number of amides is 2. The van der Waals surface area contributed by atoms with Gasteiger partial charge in [-0.2, -0.15) is 0 Å². The van der Waals surface area contributed by atoms with Gasteiger partial charge in [-0.25, -0.2) is 0 Å². The number of rotatable bonds is 8. The number of aryl methyl sites for hydroxylation is 1. The predicted molar refractivity (Wildman–Crippen MR) is 137 cm³/mol. The maximum Gasteiger partial charge on any atom is 0.269 e. The first-order valence-corrected chi connectivity index (χ1v) is 12.7. The van der Waals surface area contributed by atoms with Gasteiger partial charge in [0.2, 0.25) is 5.91 Å². The average Bonchev–Trinajstić information content (AvgIpc) is 3.35. The van der Waals surface area contributed by atoms with E-state index in [9.17, 15) is 19.7 Å². The third-order valence-corrected chi connectivity index (χ3v) is 7.40. The van der Waals surface area contributed by atoms with Gasteiger partial charge in [0.05, 0.1) is 11.0 Å². The summed E-state index contributed by atoms with van der Waals surface area (Å²) in [6, 6.07) is 15.7. The van der Waals surface area contributed by atoms with Gasteiger partial charge in [0.1, 0.15) is 6.54 Å². The lowest BCUT2D eigenvalue weighted by Crippen LogP contribution is -2.47. The Hall–Kier alpha value is -3.52. The summed E-state index contributed by atoms with van der Waals surface area (Å²) in [5.41, 5.74) is 3.64. The van der Waals surface area contributed by atoms with Crippen LogP contribution in [0.4, 0.5) is 5.69 Å². The normalized spacial score (nSPS) is 14.9. The highest BCUT2D eigenvalue weighted by Crippen LogP contribution is 2.38. The molecule has 0 saturated carbocycles. The largest absolute Gasteiger partial charge is 0.330 e. The quantitative estimate of drug-likeness (QED) is 0.313. The van der Waals surface area contributed by atoms with Gasteiger partial charge in [-0.1, -0.05) is 43.2 Å². The molecule has 4 rings (SSSR count). The van der Waals surface area contributed by atoms with Gasteiger partial charge < -0.3 is 9.80 Å². The summed E-state index contributed by atoms with van der Waals surface area (Å²) < 4.78 is 0. The second kappa shape index (κ2) is 10.8. The van der Waals surface area contributed by atoms with Gasteiger partial charge in [-0.3, -0.25) is 19.7 Å². The summed E-state index contributed by atoms with van der Waals surface area (Å²) in [5, 5.41) is 13.0. The van der Waals surface area contributed by atoms with E-state index >= 15 is 0 Å². The van der Waals surface area contributed by atoms with Crippen LogP contribution >= 0.6 is 11.3 Å². The Labute approximate surface area is 209 Å². The number of carbonyl (C=O) groups excluding carboxylic acids is 2. The van der Waals surface area contributed by atoms with E-state index in [1.54, 1.807) is 16.2 Å². The zero-order valence-electron chi connectivity index (χ0n) is 20.0. The molecule has 3 aromatic rings. The Balaban J connectivity index is 1.59. The highest BCUT2D eigenvalue weighted by atomic mass is 32.1. The smallest absolute Gasteiger partial charge is 0.269 e. The van der Waals surface area contributed by atoms with Crippen molar-refractivity contribution in [2.45, 2.75) is 39.2 Å². The summed E-state index contributed by atoms with van der Waals surface area (Å²) in [5.74, 6) is -0.388. The second-order valence-corrected chi connectivity index (χ2v) is 9.83. The van der Waals surface area contributed by atoms with E-state index in [1.165, 1.54) is 29.1 Å². The molecule has 35 heavy (non-hydrogen) atoms. The Morgan fingerprint density at radius 2 is 1.83 bits per heavy atom. The van der Waals surface area contributed by atoms with Crippen molar-refractivity contribution in [3.63, 3.8) is 0 Å². The Bertz CT molecular complexity index is 1200. The number of nitro groups is 1. The molecule has 1 aliphatic rings. The summed E-state index contributed by atoms with van der Waals surface area (Å²) in [6.07, 6.45) is 2.45. The molecule has 2 amide bonds. The molecule has 0 N–H and O–H groups in total. The molecule has 0 bridgehead atoms. The summed E-state index contributed by atoms with van der Waals surface area (Å²) in [6.45, 7) is 5.09. The van der Waals surface area contributed by atoms with Crippen molar-refractivity contribution in [3.05, 3.63) is 97.2 Å². The van der Waals surface area contributed by atoms with E-state index < -0.39 is 4.92 Å². The first-order valence-electron chi connectivity index (χ1n) is 11.8. The van der Waals surface area contributed by atoms with Crippen LogP contribution < -0.4 is 0 Å². The number of carbonyl (C=O) groups is 2. The van der Waals surface area contributed by atoms with Crippen LogP contribution in [-0.4, -0.2) is 46.2 Å². The molecule has 1 aromatic heterocycles. The number of non-ortho nitro benzene ring substituents is 1. The summed E-state index contributed by atoms with van der Waals surface area (Å²) in [7, 11) is 0. The molecule has 1 atom stereocenters. The lowest BCUT2D eigenvalue weighted by atomic mass is 9.92. The molecule has 0 spiro atoms. The minimum Gasteiger partial charge on any atom is -0.330 e. The van der Waals surface area contributed by atoms with Gasteiger partial charge in [-0.05, 0) is 54.5 Å². The van der Waals surface area contributed by atoms with Crippen LogP contribution in [0.25, 0.3) is 0 Å². The number of nitro benzene ring substituents is 1. The highest BCUT2D eigenvalue weighted by Gasteiger charge is 2.34. The molecule has 8 heteroatoms. The lowest BCUT2D eigenvalue weighted by molar-refractivity contribution is -0.384. The number of nitrogens with zero attached hydrogens (tertiary/aromatic N) is 3. The number of benzene rings is 2. The maximum absolute atomic E-state index is 13.7. The fourth-order valence-corrected chi connectivity index (χ4v) is 5.36.